The number of hydrogen-bond donors (Lipinski definition) is 0. The summed E-state index contributed by atoms with van der Waals surface area (Å²) in [5.74, 6) is 0. The average molecular weight is 287 g/mol. The molecule has 0 saturated carbocycles. The van der Waals surface area contributed by atoms with Crippen LogP contribution >= 0.6 is 0 Å². The summed E-state index contributed by atoms with van der Waals surface area (Å²) in [5.41, 5.74) is 0. The van der Waals surface area contributed by atoms with Crippen molar-refractivity contribution in [1.82, 2.24) is 0 Å². The Hall–Kier alpha value is -0.647. The summed E-state index contributed by atoms with van der Waals surface area (Å²) < 4.78 is 0. The minimum Gasteiger partial charge on any atom is -0.512 e. The maximum absolute atomic E-state index is 6.25. The number of rotatable bonds is 0. The smallest absolute Gasteiger partial charge is 0.512 e. The van der Waals surface area contributed by atoms with E-state index >= 15 is 0 Å². The molecule has 0 aromatic heterocycles. The van der Waals surface area contributed by atoms with Gasteiger partial charge in [-0.15, -0.1) is 0 Å². The molecular formula is C3BiN3. The quantitative estimate of drug-likeness (QED) is 0.461. The molecule has 0 atom stereocenters. The Labute approximate surface area is 61.9 Å². The Morgan fingerprint density at radius 1 is 0.571 bits per heavy atom. The zero-order valence-electron chi connectivity index (χ0n) is 3.29. The SMILES string of the molecule is [Bi+3].[C-]#N.[C-]#N.[C-]#N. The molecule has 0 amide bonds. The maximum Gasteiger partial charge on any atom is 3.00 e. The van der Waals surface area contributed by atoms with Crippen molar-refractivity contribution >= 4 is 26.2 Å². The van der Waals surface area contributed by atoms with E-state index in [0.717, 1.165) is 0 Å². The average Bonchev–Trinajstić information content (AvgIpc) is 1.81. The standard InChI is InChI=1S/3CN.Bi/c3*1-2;/q3*-1;+3. The van der Waals surface area contributed by atoms with Crippen molar-refractivity contribution in [2.24, 2.45) is 0 Å². The molecule has 2 radical (unpaired) electrons. The third-order valence-corrected chi connectivity index (χ3v) is 0. The van der Waals surface area contributed by atoms with Gasteiger partial charge in [-0.05, 0) is 0 Å². The van der Waals surface area contributed by atoms with Crippen LogP contribution in [-0.2, 0) is 0 Å². The van der Waals surface area contributed by atoms with Crippen LogP contribution in [0.1, 0.15) is 0 Å². The Balaban J connectivity index is -0.00000000900. The van der Waals surface area contributed by atoms with Crippen LogP contribution in [0.25, 0.3) is 0 Å². The molecule has 0 rings (SSSR count). The van der Waals surface area contributed by atoms with Crippen molar-refractivity contribution in [2.45, 2.75) is 0 Å². The zero-order valence-corrected chi connectivity index (χ0v) is 6.77. The molecule has 0 aromatic rings. The van der Waals surface area contributed by atoms with E-state index in [1.807, 2.05) is 0 Å². The van der Waals surface area contributed by atoms with Crippen molar-refractivity contribution in [3.05, 3.63) is 19.7 Å². The topological polar surface area (TPSA) is 71.4 Å². The molecule has 0 aliphatic rings. The van der Waals surface area contributed by atoms with Crippen molar-refractivity contribution in [2.75, 3.05) is 0 Å². The van der Waals surface area contributed by atoms with Crippen LogP contribution in [-0.4, -0.2) is 26.2 Å². The normalized spacial score (nSPS) is 0.857. The number of nitrogens with zero attached hydrogens (tertiary/aromatic N) is 3. The molecule has 0 unspecified atom stereocenters. The molecule has 0 fully saturated rings. The molecule has 0 aliphatic heterocycles. The Morgan fingerprint density at radius 3 is 0.571 bits per heavy atom. The van der Waals surface area contributed by atoms with Gasteiger partial charge in [-0.3, -0.25) is 0 Å². The van der Waals surface area contributed by atoms with Gasteiger partial charge in [-0.1, -0.05) is 0 Å². The molecule has 0 heterocycles. The minimum absolute atomic E-state index is 0. The second-order valence-corrected chi connectivity index (χ2v) is 0. The van der Waals surface area contributed by atoms with Crippen molar-refractivity contribution in [1.29, 1.82) is 15.8 Å². The van der Waals surface area contributed by atoms with Crippen LogP contribution in [0.5, 0.6) is 0 Å². The Morgan fingerprint density at radius 2 is 0.571 bits per heavy atom. The largest absolute Gasteiger partial charge is 3.00 e. The molecule has 3 nitrogen and oxygen atoms in total. The predicted octanol–water partition coefficient (Wildman–Crippen LogP) is -0.0917. The van der Waals surface area contributed by atoms with E-state index in [2.05, 4.69) is 0 Å². The van der Waals surface area contributed by atoms with Gasteiger partial charge in [0.1, 0.15) is 0 Å². The van der Waals surface area contributed by atoms with E-state index < -0.39 is 0 Å². The molecule has 7 heavy (non-hydrogen) atoms. The molecule has 0 bridgehead atoms. The first kappa shape index (κ1) is 32.9. The first-order chi connectivity index (χ1) is 3.00. The molecule has 4 heteroatoms. The van der Waals surface area contributed by atoms with E-state index in [1.54, 1.807) is 0 Å². The molecule has 0 N–H and O–H groups in total. The van der Waals surface area contributed by atoms with Crippen molar-refractivity contribution < 1.29 is 0 Å². The third-order valence-electron chi connectivity index (χ3n) is 0. The van der Waals surface area contributed by atoms with Crippen LogP contribution in [0, 0.1) is 35.5 Å². The zero-order chi connectivity index (χ0) is 6.00. The second-order valence-electron chi connectivity index (χ2n) is 0. The van der Waals surface area contributed by atoms with Gasteiger partial charge in [0.15, 0.2) is 0 Å². The summed E-state index contributed by atoms with van der Waals surface area (Å²) in [7, 11) is 0. The first-order valence-electron chi connectivity index (χ1n) is 0.671. The van der Waals surface area contributed by atoms with Crippen LogP contribution in [0.15, 0.2) is 0 Å². The van der Waals surface area contributed by atoms with Gasteiger partial charge in [-0.2, -0.15) is 0 Å². The molecule has 0 spiro atoms. The van der Waals surface area contributed by atoms with Gasteiger partial charge in [0.05, 0.1) is 0 Å². The van der Waals surface area contributed by atoms with Crippen LogP contribution < -0.4 is 0 Å². The Bertz CT molecular complexity index is 38.7. The summed E-state index contributed by atoms with van der Waals surface area (Å²) in [6, 6.07) is 0. The summed E-state index contributed by atoms with van der Waals surface area (Å²) >= 11 is 0. The first-order valence-corrected chi connectivity index (χ1v) is 0.671. The molecule has 32 valence electrons. The van der Waals surface area contributed by atoms with E-state index in [9.17, 15) is 0 Å². The fourth-order valence-electron chi connectivity index (χ4n) is 0. The van der Waals surface area contributed by atoms with E-state index in [4.69, 9.17) is 35.5 Å². The minimum atomic E-state index is 0. The van der Waals surface area contributed by atoms with E-state index in [-0.39, 0.29) is 26.2 Å². The van der Waals surface area contributed by atoms with Crippen LogP contribution in [0.2, 0.25) is 0 Å². The Kier molecular flexibility index (Phi) is 1140. The molecular weight excluding hydrogens is 287 g/mol. The fourth-order valence-corrected chi connectivity index (χ4v) is 0. The molecule has 0 aromatic carbocycles. The summed E-state index contributed by atoms with van der Waals surface area (Å²) in [5, 5.41) is 18.8. The van der Waals surface area contributed by atoms with Crippen molar-refractivity contribution in [3.63, 3.8) is 0 Å². The predicted molar refractivity (Wildman–Crippen MR) is 20.7 cm³/mol. The van der Waals surface area contributed by atoms with Crippen molar-refractivity contribution in [3.8, 4) is 0 Å². The van der Waals surface area contributed by atoms with Crippen LogP contribution in [0.3, 0.4) is 0 Å². The van der Waals surface area contributed by atoms with Gasteiger partial charge >= 0.3 is 26.2 Å². The molecule has 0 saturated heterocycles. The van der Waals surface area contributed by atoms with Gasteiger partial charge in [0.2, 0.25) is 0 Å². The monoisotopic (exact) mass is 287 g/mol. The summed E-state index contributed by atoms with van der Waals surface area (Å²) in [4.78, 5) is 0. The summed E-state index contributed by atoms with van der Waals surface area (Å²) in [6.45, 7) is 14.2. The van der Waals surface area contributed by atoms with Gasteiger partial charge in [0.25, 0.3) is 0 Å². The van der Waals surface area contributed by atoms with E-state index in [0.29, 0.717) is 0 Å². The summed E-state index contributed by atoms with van der Waals surface area (Å²) in [6.07, 6.45) is 0. The maximum atomic E-state index is 6.25. The van der Waals surface area contributed by atoms with Crippen LogP contribution in [0.4, 0.5) is 0 Å². The van der Waals surface area contributed by atoms with Gasteiger partial charge in [0, 0.05) is 0 Å². The molecule has 0 aliphatic carbocycles. The van der Waals surface area contributed by atoms with Gasteiger partial charge < -0.3 is 35.5 Å². The number of hydrogen-bond acceptors (Lipinski definition) is 3. The van der Waals surface area contributed by atoms with Gasteiger partial charge in [-0.25, -0.2) is 0 Å². The fraction of sp³-hybridized carbons (Fsp3) is 0. The third kappa shape index (κ3) is 144. The van der Waals surface area contributed by atoms with E-state index in [1.165, 1.54) is 0 Å². The second kappa shape index (κ2) is 242.